The van der Waals surface area contributed by atoms with Crippen LogP contribution in [0.4, 0.5) is 10.2 Å². The minimum absolute atomic E-state index is 0.0718. The highest BCUT2D eigenvalue weighted by molar-refractivity contribution is 7.90. The first-order valence-electron chi connectivity index (χ1n) is 12.1. The van der Waals surface area contributed by atoms with E-state index in [1.807, 2.05) is 24.3 Å². The standard InChI is InChI=1S/C27H29FN4O5S/c1-4-20-21(7-9-23(25(20)28)38(3,35)36)27(34)32-11-12-37-22-8-5-17(13-19(22)15-32)18-6-10-24(30-14-18)31-16(2)26(29)33/h5-10,13-14,16H,4,11-12,15H2,1-3H3,(H2,29,33)(H,30,31)/t16-/m1/s1. The van der Waals surface area contributed by atoms with E-state index < -0.39 is 38.4 Å². The Bertz CT molecular complexity index is 1490. The van der Waals surface area contributed by atoms with Gasteiger partial charge in [0, 0.05) is 41.3 Å². The van der Waals surface area contributed by atoms with Gasteiger partial charge in [-0.1, -0.05) is 13.0 Å². The molecule has 0 radical (unpaired) electrons. The third-order valence-electron chi connectivity index (χ3n) is 6.41. The molecule has 0 bridgehead atoms. The molecule has 0 unspecified atom stereocenters. The highest BCUT2D eigenvalue weighted by Crippen LogP contribution is 2.31. The molecule has 0 saturated heterocycles. The van der Waals surface area contributed by atoms with Gasteiger partial charge in [0.2, 0.25) is 5.91 Å². The molecule has 11 heteroatoms. The molecule has 0 aliphatic carbocycles. The first-order chi connectivity index (χ1) is 18.0. The van der Waals surface area contributed by atoms with E-state index in [0.29, 0.717) is 11.6 Å². The number of hydrogen-bond donors (Lipinski definition) is 2. The minimum Gasteiger partial charge on any atom is -0.491 e. The van der Waals surface area contributed by atoms with Gasteiger partial charge in [0.15, 0.2) is 9.84 Å². The first kappa shape index (κ1) is 27.1. The summed E-state index contributed by atoms with van der Waals surface area (Å²) in [7, 11) is -3.77. The molecule has 4 rings (SSSR count). The number of anilines is 1. The lowest BCUT2D eigenvalue weighted by molar-refractivity contribution is -0.118. The number of pyridine rings is 1. The second-order valence-corrected chi connectivity index (χ2v) is 11.1. The molecular formula is C27H29FN4O5S. The van der Waals surface area contributed by atoms with Crippen LogP contribution in [0.25, 0.3) is 11.1 Å². The molecule has 38 heavy (non-hydrogen) atoms. The van der Waals surface area contributed by atoms with Gasteiger partial charge in [-0.3, -0.25) is 9.59 Å². The van der Waals surface area contributed by atoms with Crippen LogP contribution in [-0.4, -0.2) is 55.6 Å². The summed E-state index contributed by atoms with van der Waals surface area (Å²) in [5.74, 6) is -0.620. The molecule has 0 fully saturated rings. The molecule has 2 aromatic carbocycles. The molecule has 3 N–H and O–H groups in total. The summed E-state index contributed by atoms with van der Waals surface area (Å²) in [5.41, 5.74) is 7.93. The monoisotopic (exact) mass is 540 g/mol. The fourth-order valence-electron chi connectivity index (χ4n) is 4.29. The van der Waals surface area contributed by atoms with Crippen molar-refractivity contribution in [2.45, 2.75) is 37.8 Å². The third kappa shape index (κ3) is 5.62. The number of primary amides is 1. The quantitative estimate of drug-likeness (QED) is 0.471. The number of sulfone groups is 1. The summed E-state index contributed by atoms with van der Waals surface area (Å²) in [6.45, 7) is 4.09. The molecule has 2 amide bonds. The van der Waals surface area contributed by atoms with Gasteiger partial charge < -0.3 is 20.7 Å². The van der Waals surface area contributed by atoms with E-state index in [-0.39, 0.29) is 37.2 Å². The van der Waals surface area contributed by atoms with Crippen molar-refractivity contribution in [3.8, 4) is 16.9 Å². The van der Waals surface area contributed by atoms with Crippen molar-refractivity contribution in [3.05, 3.63) is 71.2 Å². The maximum atomic E-state index is 15.0. The van der Waals surface area contributed by atoms with E-state index >= 15 is 4.39 Å². The van der Waals surface area contributed by atoms with Gasteiger partial charge in [-0.2, -0.15) is 0 Å². The summed E-state index contributed by atoms with van der Waals surface area (Å²) in [6.07, 6.45) is 2.77. The van der Waals surface area contributed by atoms with Crippen molar-refractivity contribution in [2.24, 2.45) is 5.73 Å². The van der Waals surface area contributed by atoms with Gasteiger partial charge in [-0.05, 0) is 55.3 Å². The molecule has 200 valence electrons. The lowest BCUT2D eigenvalue weighted by Crippen LogP contribution is -2.33. The summed E-state index contributed by atoms with van der Waals surface area (Å²) in [5, 5.41) is 2.93. The van der Waals surface area contributed by atoms with Crippen molar-refractivity contribution in [1.82, 2.24) is 9.88 Å². The Balaban J connectivity index is 1.60. The average molecular weight is 541 g/mol. The van der Waals surface area contributed by atoms with Crippen LogP contribution in [0.3, 0.4) is 0 Å². The molecule has 1 aliphatic rings. The summed E-state index contributed by atoms with van der Waals surface area (Å²) < 4.78 is 44.8. The van der Waals surface area contributed by atoms with Gasteiger partial charge in [-0.25, -0.2) is 17.8 Å². The molecule has 0 saturated carbocycles. The van der Waals surface area contributed by atoms with Crippen LogP contribution >= 0.6 is 0 Å². The van der Waals surface area contributed by atoms with Crippen molar-refractivity contribution < 1.29 is 27.1 Å². The maximum Gasteiger partial charge on any atom is 0.254 e. The summed E-state index contributed by atoms with van der Waals surface area (Å²) >= 11 is 0. The van der Waals surface area contributed by atoms with Crippen molar-refractivity contribution in [1.29, 1.82) is 0 Å². The second-order valence-electron chi connectivity index (χ2n) is 9.13. The molecule has 2 heterocycles. The van der Waals surface area contributed by atoms with Crippen LogP contribution in [-0.2, 0) is 27.6 Å². The largest absolute Gasteiger partial charge is 0.491 e. The Labute approximate surface area is 220 Å². The lowest BCUT2D eigenvalue weighted by atomic mass is 10.0. The van der Waals surface area contributed by atoms with Gasteiger partial charge in [0.1, 0.15) is 34.9 Å². The number of fused-ring (bicyclic) bond motifs is 1. The number of nitrogens with one attached hydrogen (secondary N) is 1. The highest BCUT2D eigenvalue weighted by atomic mass is 32.2. The average Bonchev–Trinajstić information content (AvgIpc) is 3.09. The van der Waals surface area contributed by atoms with Crippen molar-refractivity contribution in [3.63, 3.8) is 0 Å². The smallest absolute Gasteiger partial charge is 0.254 e. The Morgan fingerprint density at radius 3 is 2.55 bits per heavy atom. The van der Waals surface area contributed by atoms with Crippen LogP contribution in [0.15, 0.2) is 53.6 Å². The predicted octanol–water partition coefficient (Wildman–Crippen LogP) is 3.17. The van der Waals surface area contributed by atoms with Crippen LogP contribution in [0, 0.1) is 5.82 Å². The highest BCUT2D eigenvalue weighted by Gasteiger charge is 2.27. The van der Waals surface area contributed by atoms with Gasteiger partial charge in [0.05, 0.1) is 6.54 Å². The number of carbonyl (C=O) groups excluding carboxylic acids is 2. The Morgan fingerprint density at radius 2 is 1.92 bits per heavy atom. The fourth-order valence-corrected chi connectivity index (χ4v) is 5.06. The number of rotatable bonds is 7. The molecule has 1 aliphatic heterocycles. The second kappa shape index (κ2) is 10.8. The van der Waals surface area contributed by atoms with Gasteiger partial charge in [0.25, 0.3) is 5.91 Å². The molecular weight excluding hydrogens is 511 g/mol. The third-order valence-corrected chi connectivity index (χ3v) is 7.52. The normalized spacial score (nSPS) is 14.2. The number of nitrogens with zero attached hydrogens (tertiary/aromatic N) is 2. The van der Waals surface area contributed by atoms with Gasteiger partial charge >= 0.3 is 0 Å². The summed E-state index contributed by atoms with van der Waals surface area (Å²) in [6, 6.07) is 11.2. The van der Waals surface area contributed by atoms with Crippen LogP contribution < -0.4 is 15.8 Å². The summed E-state index contributed by atoms with van der Waals surface area (Å²) in [4.78, 5) is 30.3. The fraction of sp³-hybridized carbons (Fsp3) is 0.296. The van der Waals surface area contributed by atoms with E-state index in [1.54, 1.807) is 31.0 Å². The lowest BCUT2D eigenvalue weighted by Gasteiger charge is -2.22. The minimum atomic E-state index is -3.77. The number of carbonyl (C=O) groups is 2. The van der Waals surface area contributed by atoms with E-state index in [0.717, 1.165) is 29.0 Å². The van der Waals surface area contributed by atoms with Crippen LogP contribution in [0.5, 0.6) is 5.75 Å². The molecule has 1 aromatic heterocycles. The topological polar surface area (TPSA) is 132 Å². The zero-order valence-corrected chi connectivity index (χ0v) is 22.1. The van der Waals surface area contributed by atoms with Gasteiger partial charge in [-0.15, -0.1) is 0 Å². The van der Waals surface area contributed by atoms with Crippen molar-refractivity contribution in [2.75, 3.05) is 24.7 Å². The first-order valence-corrected chi connectivity index (χ1v) is 14.0. The van der Waals surface area contributed by atoms with E-state index in [2.05, 4.69) is 10.3 Å². The number of aromatic nitrogens is 1. The molecule has 3 aromatic rings. The SMILES string of the molecule is CCc1c(C(=O)N2CCOc3ccc(-c4ccc(N[C@H](C)C(N)=O)nc4)cc3C2)ccc(S(C)(=O)=O)c1F. The molecule has 1 atom stereocenters. The predicted molar refractivity (Wildman–Crippen MR) is 141 cm³/mol. The zero-order valence-electron chi connectivity index (χ0n) is 21.3. The van der Waals surface area contributed by atoms with E-state index in [1.165, 1.54) is 6.07 Å². The van der Waals surface area contributed by atoms with Crippen LogP contribution in [0.1, 0.15) is 35.3 Å². The van der Waals surface area contributed by atoms with Crippen LogP contribution in [0.2, 0.25) is 0 Å². The molecule has 9 nitrogen and oxygen atoms in total. The maximum absolute atomic E-state index is 15.0. The number of nitrogens with two attached hydrogens (primary N) is 1. The zero-order chi connectivity index (χ0) is 27.6. The Hall–Kier alpha value is -3.99. The Morgan fingerprint density at radius 1 is 1.18 bits per heavy atom. The number of benzene rings is 2. The number of halogens is 1. The molecule has 0 spiro atoms. The number of hydrogen-bond acceptors (Lipinski definition) is 7. The van der Waals surface area contributed by atoms with Crippen molar-refractivity contribution >= 4 is 27.5 Å². The van der Waals surface area contributed by atoms with E-state index in [9.17, 15) is 18.0 Å². The number of amides is 2. The number of ether oxygens (including phenoxy) is 1. The van der Waals surface area contributed by atoms with E-state index in [4.69, 9.17) is 10.5 Å². The Kier molecular flexibility index (Phi) is 7.68.